The molecule has 0 aromatic heterocycles. The lowest BCUT2D eigenvalue weighted by molar-refractivity contribution is -0.301. The number of rotatable bonds is 53. The molecule has 3 N–H and O–H groups in total. The van der Waals surface area contributed by atoms with Gasteiger partial charge in [-0.25, -0.2) is 4.79 Å². The first-order valence-electron chi connectivity index (χ1n) is 31.0. The van der Waals surface area contributed by atoms with Crippen LogP contribution in [-0.2, 0) is 42.9 Å². The summed E-state index contributed by atoms with van der Waals surface area (Å²) in [7, 11) is 0. The molecule has 0 radical (unpaired) electrons. The van der Waals surface area contributed by atoms with Gasteiger partial charge in [-0.15, -0.1) is 0 Å². The molecule has 75 heavy (non-hydrogen) atoms. The molecule has 1 aliphatic rings. The second-order valence-corrected chi connectivity index (χ2v) is 21.3. The maximum atomic E-state index is 13.1. The highest BCUT2D eigenvalue weighted by atomic mass is 16.7. The molecule has 0 aromatic rings. The Morgan fingerprint density at radius 3 is 1.15 bits per heavy atom. The molecule has 0 aromatic carbocycles. The van der Waals surface area contributed by atoms with E-state index in [9.17, 15) is 34.5 Å². The van der Waals surface area contributed by atoms with Gasteiger partial charge < -0.3 is 39.0 Å². The summed E-state index contributed by atoms with van der Waals surface area (Å²) >= 11 is 0. The van der Waals surface area contributed by atoms with Crippen LogP contribution >= 0.6 is 0 Å². The van der Waals surface area contributed by atoms with Crippen molar-refractivity contribution in [2.24, 2.45) is 0 Å². The van der Waals surface area contributed by atoms with Crippen LogP contribution in [0.25, 0.3) is 0 Å². The molecule has 12 nitrogen and oxygen atoms in total. The van der Waals surface area contributed by atoms with E-state index in [1.807, 2.05) is 0 Å². The first-order chi connectivity index (χ1) is 36.6. The fraction of sp³-hybridized carbons (Fsp3) is 0.841. The van der Waals surface area contributed by atoms with Crippen molar-refractivity contribution in [2.45, 2.75) is 327 Å². The summed E-state index contributed by atoms with van der Waals surface area (Å²) in [5.41, 5.74) is 0. The van der Waals surface area contributed by atoms with E-state index in [-0.39, 0.29) is 25.9 Å². The molecule has 1 aliphatic heterocycles. The van der Waals surface area contributed by atoms with E-state index in [1.165, 1.54) is 128 Å². The Morgan fingerprint density at radius 1 is 0.427 bits per heavy atom. The lowest BCUT2D eigenvalue weighted by Gasteiger charge is -2.40. The Bertz CT molecular complexity index is 1450. The third kappa shape index (κ3) is 41.7. The smallest absolute Gasteiger partial charge is 0.335 e. The summed E-state index contributed by atoms with van der Waals surface area (Å²) in [6, 6.07) is 0. The Morgan fingerprint density at radius 2 is 0.760 bits per heavy atom. The predicted molar refractivity (Wildman–Crippen MR) is 303 cm³/mol. The van der Waals surface area contributed by atoms with Gasteiger partial charge in [-0.3, -0.25) is 14.4 Å². The minimum atomic E-state index is -1.90. The number of carboxylic acid groups (broad SMARTS) is 1. The third-order valence-corrected chi connectivity index (χ3v) is 14.2. The normalized spacial score (nSPS) is 18.3. The quantitative estimate of drug-likeness (QED) is 0.0228. The van der Waals surface area contributed by atoms with Crippen LogP contribution in [0.15, 0.2) is 36.5 Å². The average Bonchev–Trinajstić information content (AvgIpc) is 3.39. The number of unbranched alkanes of at least 4 members (excludes halogenated alkanes) is 33. The van der Waals surface area contributed by atoms with E-state index < -0.39 is 67.3 Å². The molecule has 0 amide bonds. The molecule has 1 rings (SSSR count). The van der Waals surface area contributed by atoms with Crippen LogP contribution in [0.3, 0.4) is 0 Å². The summed E-state index contributed by atoms with van der Waals surface area (Å²) in [6.07, 6.45) is 48.2. The van der Waals surface area contributed by atoms with Crippen LogP contribution in [0, 0.1) is 0 Å². The Labute approximate surface area is 457 Å². The van der Waals surface area contributed by atoms with E-state index in [0.717, 1.165) is 103 Å². The average molecular weight is 1060 g/mol. The van der Waals surface area contributed by atoms with Gasteiger partial charge in [0.05, 0.1) is 6.61 Å². The molecule has 0 bridgehead atoms. The molecular formula is C63H112O12. The van der Waals surface area contributed by atoms with E-state index in [1.54, 1.807) is 0 Å². The molecule has 1 heterocycles. The second-order valence-electron chi connectivity index (χ2n) is 21.3. The number of aliphatic hydroxyl groups is 2. The summed E-state index contributed by atoms with van der Waals surface area (Å²) in [6.45, 7) is 5.98. The molecule has 6 atom stereocenters. The van der Waals surface area contributed by atoms with Crippen molar-refractivity contribution in [3.05, 3.63) is 36.5 Å². The van der Waals surface area contributed by atoms with Crippen LogP contribution < -0.4 is 0 Å². The topological polar surface area (TPSA) is 175 Å². The number of esters is 3. The number of aliphatic hydroxyl groups excluding tert-OH is 2. The lowest BCUT2D eigenvalue weighted by atomic mass is 9.98. The van der Waals surface area contributed by atoms with Crippen molar-refractivity contribution in [2.75, 3.05) is 13.2 Å². The monoisotopic (exact) mass is 1060 g/mol. The van der Waals surface area contributed by atoms with Crippen LogP contribution in [0.4, 0.5) is 0 Å². The summed E-state index contributed by atoms with van der Waals surface area (Å²) in [4.78, 5) is 51.2. The zero-order valence-electron chi connectivity index (χ0n) is 48.1. The molecule has 0 aliphatic carbocycles. The van der Waals surface area contributed by atoms with Crippen LogP contribution in [0.2, 0.25) is 0 Å². The number of hydrogen-bond acceptors (Lipinski definition) is 11. The van der Waals surface area contributed by atoms with Crippen molar-refractivity contribution >= 4 is 23.9 Å². The third-order valence-electron chi connectivity index (χ3n) is 14.2. The molecule has 12 heteroatoms. The van der Waals surface area contributed by atoms with Gasteiger partial charge in [-0.05, 0) is 96.3 Å². The molecular weight excluding hydrogens is 949 g/mol. The first-order valence-corrected chi connectivity index (χ1v) is 31.0. The van der Waals surface area contributed by atoms with Gasteiger partial charge in [0.25, 0.3) is 0 Å². The van der Waals surface area contributed by atoms with Crippen molar-refractivity contribution in [3.8, 4) is 0 Å². The van der Waals surface area contributed by atoms with Gasteiger partial charge in [0.15, 0.2) is 24.6 Å². The van der Waals surface area contributed by atoms with Crippen molar-refractivity contribution in [1.82, 2.24) is 0 Å². The van der Waals surface area contributed by atoms with E-state index in [2.05, 4.69) is 57.2 Å². The van der Waals surface area contributed by atoms with Crippen molar-refractivity contribution in [3.63, 3.8) is 0 Å². The summed E-state index contributed by atoms with van der Waals surface area (Å²) < 4.78 is 28.5. The number of hydrogen-bond donors (Lipinski definition) is 3. The van der Waals surface area contributed by atoms with Crippen LogP contribution in [-0.4, -0.2) is 89.2 Å². The van der Waals surface area contributed by atoms with Crippen LogP contribution in [0.1, 0.15) is 290 Å². The van der Waals surface area contributed by atoms with Crippen LogP contribution in [0.5, 0.6) is 0 Å². The Hall–Kier alpha value is -3.06. The van der Waals surface area contributed by atoms with Gasteiger partial charge >= 0.3 is 23.9 Å². The van der Waals surface area contributed by atoms with Gasteiger partial charge in [-0.1, -0.05) is 211 Å². The highest BCUT2D eigenvalue weighted by molar-refractivity contribution is 5.74. The molecule has 1 saturated heterocycles. The fourth-order valence-electron chi connectivity index (χ4n) is 9.35. The number of allylic oxidation sites excluding steroid dienone is 6. The zero-order chi connectivity index (χ0) is 54.7. The standard InChI is InChI=1S/C63H112O12/c1-4-7-10-13-16-19-22-25-27-28-30-32-34-37-40-43-46-49-55(64)71-52-54(73-56(65)50-47-44-41-38-35-31-24-21-18-15-12-9-6-3)53-72-63-61(59(68)58(67)60(75-63)62(69)70)74-57(66)51-48-45-42-39-36-33-29-26-23-20-17-14-11-8-5-2/h21,24-27,29,54,58-61,63,67-68H,4-20,22-23,28,30-53H2,1-3H3,(H,69,70)/b24-21-,27-25-,29-26-. The van der Waals surface area contributed by atoms with Gasteiger partial charge in [-0.2, -0.15) is 0 Å². The first kappa shape index (κ1) is 70.0. The van der Waals surface area contributed by atoms with Gasteiger partial charge in [0.1, 0.15) is 18.8 Å². The fourth-order valence-corrected chi connectivity index (χ4v) is 9.35. The molecule has 1 fully saturated rings. The number of carbonyl (C=O) groups is 4. The predicted octanol–water partition coefficient (Wildman–Crippen LogP) is 16.0. The maximum Gasteiger partial charge on any atom is 0.335 e. The largest absolute Gasteiger partial charge is 0.479 e. The molecule has 6 unspecified atom stereocenters. The molecule has 436 valence electrons. The summed E-state index contributed by atoms with van der Waals surface area (Å²) in [5.74, 6) is -3.12. The highest BCUT2D eigenvalue weighted by Crippen LogP contribution is 2.26. The second kappa shape index (κ2) is 51.7. The number of ether oxygens (including phenoxy) is 5. The SMILES string of the molecule is CCCCCC/C=C\CCCCCCCC(=O)OC(COC(=O)CCCCCCCCC/C=C\CCCCCCCC)COC1OC(C(=O)O)C(O)C(O)C1OC(=O)CCCCCCC/C=C\CCCCCCCC. The maximum absolute atomic E-state index is 13.1. The van der Waals surface area contributed by atoms with E-state index in [0.29, 0.717) is 19.3 Å². The zero-order valence-corrected chi connectivity index (χ0v) is 48.1. The summed E-state index contributed by atoms with van der Waals surface area (Å²) in [5, 5.41) is 31.5. The molecule has 0 spiro atoms. The minimum absolute atomic E-state index is 0.0518. The highest BCUT2D eigenvalue weighted by Gasteiger charge is 2.50. The lowest BCUT2D eigenvalue weighted by Crippen LogP contribution is -2.61. The molecule has 0 saturated carbocycles. The number of aliphatic carboxylic acids is 1. The minimum Gasteiger partial charge on any atom is -0.479 e. The van der Waals surface area contributed by atoms with Crippen molar-refractivity contribution in [1.29, 1.82) is 0 Å². The van der Waals surface area contributed by atoms with E-state index in [4.69, 9.17) is 23.7 Å². The van der Waals surface area contributed by atoms with Gasteiger partial charge in [0, 0.05) is 19.3 Å². The Kier molecular flexibility index (Phi) is 48.2. The van der Waals surface area contributed by atoms with Crippen molar-refractivity contribution < 1.29 is 58.2 Å². The Balaban J connectivity index is 2.67. The van der Waals surface area contributed by atoms with Gasteiger partial charge in [0.2, 0.25) is 0 Å². The number of carbonyl (C=O) groups excluding carboxylic acids is 3. The number of carboxylic acids is 1. The van der Waals surface area contributed by atoms with E-state index >= 15 is 0 Å².